The van der Waals surface area contributed by atoms with E-state index in [1.807, 2.05) is 30.3 Å². The fraction of sp³-hybridized carbons (Fsp3) is 0.333. The zero-order valence-corrected chi connectivity index (χ0v) is 19.9. The first-order valence-electron chi connectivity index (χ1n) is 11.0. The maximum Gasteiger partial charge on any atom is 0.345 e. The van der Waals surface area contributed by atoms with E-state index in [2.05, 4.69) is 10.9 Å². The van der Waals surface area contributed by atoms with Gasteiger partial charge in [0.1, 0.15) is 5.82 Å². The van der Waals surface area contributed by atoms with Crippen molar-refractivity contribution in [2.24, 2.45) is 0 Å². The van der Waals surface area contributed by atoms with Gasteiger partial charge in [0.25, 0.3) is 0 Å². The SMILES string of the molecule is CC(=O)N(NCc1cccc(F)c1Cl)[C@@H](CONC(=O)N1C=Cc2ccccc2C1)C[C@@H](O)CO. The Morgan fingerprint density at radius 2 is 2.03 bits per heavy atom. The molecule has 0 aromatic heterocycles. The molecule has 1 aliphatic rings. The van der Waals surface area contributed by atoms with Gasteiger partial charge in [0.05, 0.1) is 36.9 Å². The number of aliphatic hydroxyl groups is 2. The number of nitrogens with one attached hydrogen (secondary N) is 2. The number of hydroxylamine groups is 1. The summed E-state index contributed by atoms with van der Waals surface area (Å²) in [6.45, 7) is 0.964. The van der Waals surface area contributed by atoms with E-state index in [9.17, 15) is 24.2 Å². The zero-order chi connectivity index (χ0) is 25.4. The lowest BCUT2D eigenvalue weighted by Crippen LogP contribution is -2.52. The number of hydrogen-bond donors (Lipinski definition) is 4. The second-order valence-corrected chi connectivity index (χ2v) is 8.40. The molecule has 0 unspecified atom stereocenters. The van der Waals surface area contributed by atoms with Gasteiger partial charge in [-0.25, -0.2) is 20.1 Å². The second kappa shape index (κ2) is 12.6. The highest BCUT2D eigenvalue weighted by atomic mass is 35.5. The van der Waals surface area contributed by atoms with Crippen LogP contribution in [0.2, 0.25) is 5.02 Å². The summed E-state index contributed by atoms with van der Waals surface area (Å²) >= 11 is 5.99. The van der Waals surface area contributed by atoms with Gasteiger partial charge in [0.2, 0.25) is 5.91 Å². The Labute approximate surface area is 207 Å². The Bertz CT molecular complexity index is 1070. The van der Waals surface area contributed by atoms with E-state index < -0.39 is 36.5 Å². The minimum absolute atomic E-state index is 0.0201. The third-order valence-electron chi connectivity index (χ3n) is 5.46. The Morgan fingerprint density at radius 3 is 2.77 bits per heavy atom. The fourth-order valence-electron chi connectivity index (χ4n) is 3.63. The van der Waals surface area contributed by atoms with Crippen LogP contribution in [0.25, 0.3) is 6.08 Å². The van der Waals surface area contributed by atoms with Gasteiger partial charge in [-0.05, 0) is 35.3 Å². The first-order valence-corrected chi connectivity index (χ1v) is 11.4. The molecule has 2 aromatic carbocycles. The van der Waals surface area contributed by atoms with Crippen LogP contribution < -0.4 is 10.9 Å². The van der Waals surface area contributed by atoms with E-state index in [1.54, 1.807) is 12.3 Å². The molecular formula is C24H28ClFN4O5. The molecule has 35 heavy (non-hydrogen) atoms. The largest absolute Gasteiger partial charge is 0.394 e. The average molecular weight is 507 g/mol. The van der Waals surface area contributed by atoms with Crippen LogP contribution >= 0.6 is 11.6 Å². The van der Waals surface area contributed by atoms with Crippen LogP contribution in [-0.4, -0.2) is 57.4 Å². The third-order valence-corrected chi connectivity index (χ3v) is 5.88. The van der Waals surface area contributed by atoms with Gasteiger partial charge in [-0.2, -0.15) is 0 Å². The minimum Gasteiger partial charge on any atom is -0.394 e. The fourth-order valence-corrected chi connectivity index (χ4v) is 3.83. The van der Waals surface area contributed by atoms with E-state index in [1.165, 1.54) is 29.0 Å². The van der Waals surface area contributed by atoms with Crippen LogP contribution in [0, 0.1) is 5.82 Å². The lowest BCUT2D eigenvalue weighted by Gasteiger charge is -2.32. The Hall–Kier alpha value is -3.02. The maximum absolute atomic E-state index is 13.7. The van der Waals surface area contributed by atoms with Gasteiger partial charge in [0.15, 0.2) is 0 Å². The van der Waals surface area contributed by atoms with E-state index >= 15 is 0 Å². The standard InChI is InChI=1S/C24H28ClFN4O5/c1-16(32)30(27-12-18-7-4-8-22(26)23(18)25)20(11-21(33)14-31)15-35-28-24(34)29-10-9-17-5-2-3-6-19(17)13-29/h2-10,20-21,27,31,33H,11-15H2,1H3,(H,28,34)/t20-,21-/m1/s1. The molecule has 1 heterocycles. The van der Waals surface area contributed by atoms with Gasteiger partial charge in [-0.1, -0.05) is 48.0 Å². The smallest absolute Gasteiger partial charge is 0.345 e. The Balaban J connectivity index is 1.61. The van der Waals surface area contributed by atoms with Gasteiger partial charge in [-0.15, -0.1) is 0 Å². The number of nitrogens with zero attached hydrogens (tertiary/aromatic N) is 2. The lowest BCUT2D eigenvalue weighted by molar-refractivity contribution is -0.139. The molecule has 1 aliphatic heterocycles. The Kier molecular flexibility index (Phi) is 9.58. The Morgan fingerprint density at radius 1 is 1.26 bits per heavy atom. The molecule has 9 nitrogen and oxygen atoms in total. The van der Waals surface area contributed by atoms with Gasteiger partial charge < -0.3 is 10.2 Å². The molecule has 0 radical (unpaired) electrons. The number of fused-ring (bicyclic) bond motifs is 1. The van der Waals surface area contributed by atoms with Gasteiger partial charge in [-0.3, -0.25) is 19.5 Å². The highest BCUT2D eigenvalue weighted by Gasteiger charge is 2.26. The predicted octanol–water partition coefficient (Wildman–Crippen LogP) is 2.57. The number of carbonyl (C=O) groups is 2. The van der Waals surface area contributed by atoms with Crippen molar-refractivity contribution in [3.05, 3.63) is 76.2 Å². The molecule has 3 rings (SSSR count). The van der Waals surface area contributed by atoms with Crippen molar-refractivity contribution < 1.29 is 29.0 Å². The summed E-state index contributed by atoms with van der Waals surface area (Å²) in [6, 6.07) is 10.7. The number of halogens is 2. The monoisotopic (exact) mass is 506 g/mol. The normalized spacial score (nSPS) is 14.3. The van der Waals surface area contributed by atoms with E-state index in [4.69, 9.17) is 16.4 Å². The van der Waals surface area contributed by atoms with Crippen LogP contribution in [0.3, 0.4) is 0 Å². The number of benzene rings is 2. The molecule has 2 aromatic rings. The molecule has 0 spiro atoms. The quantitative estimate of drug-likeness (QED) is 0.368. The summed E-state index contributed by atoms with van der Waals surface area (Å²) in [4.78, 5) is 31.7. The molecular weight excluding hydrogens is 479 g/mol. The summed E-state index contributed by atoms with van der Waals surface area (Å²) in [7, 11) is 0. The molecule has 2 atom stereocenters. The summed E-state index contributed by atoms with van der Waals surface area (Å²) in [5, 5.41) is 20.4. The number of aliphatic hydroxyl groups excluding tert-OH is 2. The van der Waals surface area contributed by atoms with Crippen LogP contribution in [0.15, 0.2) is 48.7 Å². The number of urea groups is 1. The lowest BCUT2D eigenvalue weighted by atomic mass is 10.0. The van der Waals surface area contributed by atoms with Crippen molar-refractivity contribution in [3.8, 4) is 0 Å². The van der Waals surface area contributed by atoms with Gasteiger partial charge in [0, 0.05) is 19.7 Å². The molecule has 4 N–H and O–H groups in total. The van der Waals surface area contributed by atoms with Crippen molar-refractivity contribution in [2.75, 3.05) is 13.2 Å². The van der Waals surface area contributed by atoms with Crippen molar-refractivity contribution >= 4 is 29.6 Å². The molecule has 0 saturated heterocycles. The summed E-state index contributed by atoms with van der Waals surface area (Å²) in [5.74, 6) is -1.01. The zero-order valence-electron chi connectivity index (χ0n) is 19.2. The number of carbonyl (C=O) groups excluding carboxylic acids is 2. The summed E-state index contributed by atoms with van der Waals surface area (Å²) < 4.78 is 13.7. The number of rotatable bonds is 10. The van der Waals surface area contributed by atoms with E-state index in [0.29, 0.717) is 12.1 Å². The van der Waals surface area contributed by atoms with E-state index in [-0.39, 0.29) is 24.6 Å². The van der Waals surface area contributed by atoms with Crippen LogP contribution in [0.5, 0.6) is 0 Å². The molecule has 0 saturated carbocycles. The molecule has 3 amide bonds. The number of hydrazine groups is 1. The van der Waals surface area contributed by atoms with Crippen LogP contribution in [0.1, 0.15) is 30.0 Å². The first kappa shape index (κ1) is 26.6. The van der Waals surface area contributed by atoms with Crippen molar-refractivity contribution in [1.29, 1.82) is 0 Å². The molecule has 0 fully saturated rings. The highest BCUT2D eigenvalue weighted by molar-refractivity contribution is 6.31. The van der Waals surface area contributed by atoms with Gasteiger partial charge >= 0.3 is 6.03 Å². The summed E-state index contributed by atoms with van der Waals surface area (Å²) in [6.07, 6.45) is 2.27. The molecule has 0 aliphatic carbocycles. The first-order chi connectivity index (χ1) is 16.8. The second-order valence-electron chi connectivity index (χ2n) is 8.02. The maximum atomic E-state index is 13.7. The summed E-state index contributed by atoms with van der Waals surface area (Å²) in [5.41, 5.74) is 7.65. The van der Waals surface area contributed by atoms with Crippen molar-refractivity contribution in [2.45, 2.75) is 38.6 Å². The number of amides is 3. The molecule has 11 heteroatoms. The third kappa shape index (κ3) is 7.23. The van der Waals surface area contributed by atoms with E-state index in [0.717, 1.165) is 11.1 Å². The molecule has 188 valence electrons. The number of hydrogen-bond acceptors (Lipinski definition) is 6. The average Bonchev–Trinajstić information content (AvgIpc) is 2.85. The minimum atomic E-state index is -1.14. The topological polar surface area (TPSA) is 114 Å². The van der Waals surface area contributed by atoms with Crippen molar-refractivity contribution in [3.63, 3.8) is 0 Å². The van der Waals surface area contributed by atoms with Crippen molar-refractivity contribution in [1.82, 2.24) is 20.8 Å². The predicted molar refractivity (Wildman–Crippen MR) is 128 cm³/mol. The highest BCUT2D eigenvalue weighted by Crippen LogP contribution is 2.21. The van der Waals surface area contributed by atoms with Crippen LogP contribution in [-0.2, 0) is 22.7 Å². The molecule has 0 bridgehead atoms. The van der Waals surface area contributed by atoms with Crippen LogP contribution in [0.4, 0.5) is 9.18 Å².